The molecule has 0 saturated heterocycles. The van der Waals surface area contributed by atoms with Gasteiger partial charge in [-0.05, 0) is 57.9 Å². The number of amides is 4. The molecule has 1 aromatic carbocycles. The molecule has 1 aliphatic rings. The summed E-state index contributed by atoms with van der Waals surface area (Å²) in [5.41, 5.74) is -0.0980. The Morgan fingerprint density at radius 2 is 1.44 bits per heavy atom. The molecule has 0 bridgehead atoms. The van der Waals surface area contributed by atoms with Crippen LogP contribution < -0.4 is 15.5 Å². The molecule has 0 aliphatic carbocycles. The summed E-state index contributed by atoms with van der Waals surface area (Å²) in [6, 6.07) is 4.10. The molecule has 0 spiro atoms. The highest BCUT2D eigenvalue weighted by atomic mass is 16.6. The van der Waals surface area contributed by atoms with Gasteiger partial charge in [-0.1, -0.05) is 13.8 Å². The molecule has 32 heavy (non-hydrogen) atoms. The Labute approximate surface area is 187 Å². The monoisotopic (exact) mass is 443 g/mol. The molecule has 9 heteroatoms. The lowest BCUT2D eigenvalue weighted by Gasteiger charge is -2.26. The van der Waals surface area contributed by atoms with Crippen molar-refractivity contribution in [3.63, 3.8) is 0 Å². The lowest BCUT2D eigenvalue weighted by atomic mass is 10.0. The number of hydrogen-bond donors (Lipinski definition) is 2. The molecule has 9 nitrogen and oxygen atoms in total. The van der Waals surface area contributed by atoms with Crippen molar-refractivity contribution in [2.45, 2.75) is 59.2 Å². The summed E-state index contributed by atoms with van der Waals surface area (Å²) in [6.07, 6.45) is 2.35. The van der Waals surface area contributed by atoms with Gasteiger partial charge in [-0.25, -0.2) is 9.69 Å². The van der Waals surface area contributed by atoms with Gasteiger partial charge in [-0.2, -0.15) is 0 Å². The maximum atomic E-state index is 12.7. The van der Waals surface area contributed by atoms with E-state index in [9.17, 15) is 24.0 Å². The van der Waals surface area contributed by atoms with Gasteiger partial charge in [0.05, 0.1) is 5.69 Å². The Balaban J connectivity index is 2.05. The first kappa shape index (κ1) is 24.8. The molecule has 2 rings (SSSR count). The first-order chi connectivity index (χ1) is 14.8. The van der Waals surface area contributed by atoms with Crippen LogP contribution in [0.25, 0.3) is 0 Å². The number of hydrogen-bond acceptors (Lipinski definition) is 6. The zero-order valence-electron chi connectivity index (χ0n) is 19.1. The molecular formula is C23H29N3O6. The molecule has 1 aliphatic heterocycles. The van der Waals surface area contributed by atoms with Crippen molar-refractivity contribution in [1.29, 1.82) is 0 Å². The van der Waals surface area contributed by atoms with E-state index in [0.29, 0.717) is 5.69 Å². The van der Waals surface area contributed by atoms with Gasteiger partial charge in [-0.15, -0.1) is 0 Å². The number of carbonyl (C=O) groups excluding carboxylic acids is 5. The summed E-state index contributed by atoms with van der Waals surface area (Å²) in [5.74, 6) is -2.76. The minimum Gasteiger partial charge on any atom is -0.458 e. The van der Waals surface area contributed by atoms with Crippen LogP contribution in [0.3, 0.4) is 0 Å². The Bertz CT molecular complexity index is 925. The predicted molar refractivity (Wildman–Crippen MR) is 118 cm³/mol. The first-order valence-electron chi connectivity index (χ1n) is 10.3. The zero-order valence-corrected chi connectivity index (χ0v) is 19.1. The van der Waals surface area contributed by atoms with E-state index in [1.54, 1.807) is 34.6 Å². The molecule has 0 radical (unpaired) electrons. The predicted octanol–water partition coefficient (Wildman–Crippen LogP) is 1.72. The van der Waals surface area contributed by atoms with E-state index in [4.69, 9.17) is 4.74 Å². The summed E-state index contributed by atoms with van der Waals surface area (Å²) in [5, 5.41) is 5.25. The number of anilines is 1. The van der Waals surface area contributed by atoms with Gasteiger partial charge in [0.2, 0.25) is 5.91 Å². The van der Waals surface area contributed by atoms with Crippen molar-refractivity contribution >= 4 is 35.3 Å². The number of imide groups is 1. The molecule has 0 fully saturated rings. The molecule has 2 atom stereocenters. The van der Waals surface area contributed by atoms with E-state index in [1.165, 1.54) is 43.3 Å². The summed E-state index contributed by atoms with van der Waals surface area (Å²) in [7, 11) is 0. The van der Waals surface area contributed by atoms with E-state index in [1.807, 2.05) is 0 Å². The maximum Gasteiger partial charge on any atom is 0.328 e. The zero-order chi connectivity index (χ0) is 24.2. The van der Waals surface area contributed by atoms with Gasteiger partial charge in [0.15, 0.2) is 0 Å². The molecule has 1 heterocycles. The molecular weight excluding hydrogens is 414 g/mol. The van der Waals surface area contributed by atoms with E-state index >= 15 is 0 Å². The summed E-state index contributed by atoms with van der Waals surface area (Å²) >= 11 is 0. The number of benzene rings is 1. The van der Waals surface area contributed by atoms with Gasteiger partial charge in [0.25, 0.3) is 17.7 Å². The summed E-state index contributed by atoms with van der Waals surface area (Å²) in [6.45, 7) is 10.2. The molecule has 2 N–H and O–H groups in total. The van der Waals surface area contributed by atoms with Crippen molar-refractivity contribution in [3.05, 3.63) is 42.0 Å². The minimum absolute atomic E-state index is 0.249. The maximum absolute atomic E-state index is 12.7. The highest BCUT2D eigenvalue weighted by Crippen LogP contribution is 2.19. The smallest absolute Gasteiger partial charge is 0.328 e. The van der Waals surface area contributed by atoms with Crippen LogP contribution in [0.15, 0.2) is 36.4 Å². The van der Waals surface area contributed by atoms with Crippen molar-refractivity contribution in [3.8, 4) is 0 Å². The Hall–Kier alpha value is -3.49. The molecule has 1 aromatic rings. The van der Waals surface area contributed by atoms with Crippen molar-refractivity contribution in [2.75, 3.05) is 4.90 Å². The highest BCUT2D eigenvalue weighted by molar-refractivity contribution is 6.28. The second kappa shape index (κ2) is 9.76. The van der Waals surface area contributed by atoms with E-state index < -0.39 is 47.3 Å². The van der Waals surface area contributed by atoms with Crippen LogP contribution in [0.5, 0.6) is 0 Å². The van der Waals surface area contributed by atoms with Gasteiger partial charge in [-0.3, -0.25) is 19.2 Å². The Morgan fingerprint density at radius 1 is 0.906 bits per heavy atom. The molecule has 0 saturated carbocycles. The first-order valence-corrected chi connectivity index (χ1v) is 10.3. The van der Waals surface area contributed by atoms with Gasteiger partial charge < -0.3 is 15.4 Å². The second-order valence-electron chi connectivity index (χ2n) is 8.85. The van der Waals surface area contributed by atoms with Crippen LogP contribution in [0.1, 0.15) is 51.9 Å². The van der Waals surface area contributed by atoms with E-state index in [2.05, 4.69) is 10.6 Å². The lowest BCUT2D eigenvalue weighted by Crippen LogP contribution is -2.53. The van der Waals surface area contributed by atoms with Crippen LogP contribution in [0.4, 0.5) is 5.69 Å². The SMILES string of the molecule is CC(NC(=O)C(NC(=O)c1ccc(N2C(=O)C=CC2=O)cc1)C(C)C)C(=O)OC(C)(C)C. The number of nitrogens with zero attached hydrogens (tertiary/aromatic N) is 1. The number of esters is 1. The summed E-state index contributed by atoms with van der Waals surface area (Å²) < 4.78 is 5.26. The number of ether oxygens (including phenoxy) is 1. The van der Waals surface area contributed by atoms with Crippen molar-refractivity contribution < 1.29 is 28.7 Å². The molecule has 4 amide bonds. The molecule has 0 aromatic heterocycles. The van der Waals surface area contributed by atoms with Crippen LogP contribution in [0, 0.1) is 5.92 Å². The Morgan fingerprint density at radius 3 is 1.91 bits per heavy atom. The third-order valence-electron chi connectivity index (χ3n) is 4.55. The van der Waals surface area contributed by atoms with Crippen LogP contribution in [-0.2, 0) is 23.9 Å². The second-order valence-corrected chi connectivity index (χ2v) is 8.85. The quantitative estimate of drug-likeness (QED) is 0.489. The van der Waals surface area contributed by atoms with Gasteiger partial charge in [0.1, 0.15) is 17.7 Å². The van der Waals surface area contributed by atoms with Gasteiger partial charge >= 0.3 is 5.97 Å². The fourth-order valence-electron chi connectivity index (χ4n) is 2.93. The number of carbonyl (C=O) groups is 5. The molecule has 172 valence electrons. The minimum atomic E-state index is -0.891. The highest BCUT2D eigenvalue weighted by Gasteiger charge is 2.30. The standard InChI is InChI=1S/C23H29N3O6/c1-13(2)19(21(30)24-14(3)22(31)32-23(4,5)6)25-20(29)15-7-9-16(10-8-15)26-17(27)11-12-18(26)28/h7-14,19H,1-6H3,(H,24,30)(H,25,29). The largest absolute Gasteiger partial charge is 0.458 e. The normalized spacial score (nSPS) is 15.5. The van der Waals surface area contributed by atoms with Crippen LogP contribution >= 0.6 is 0 Å². The molecule has 2 unspecified atom stereocenters. The fraction of sp³-hybridized carbons (Fsp3) is 0.435. The topological polar surface area (TPSA) is 122 Å². The number of nitrogens with one attached hydrogen (secondary N) is 2. The van der Waals surface area contributed by atoms with Crippen LogP contribution in [-0.4, -0.2) is 47.3 Å². The van der Waals surface area contributed by atoms with Crippen molar-refractivity contribution in [2.24, 2.45) is 5.92 Å². The van der Waals surface area contributed by atoms with Gasteiger partial charge in [0, 0.05) is 17.7 Å². The third-order valence-corrected chi connectivity index (χ3v) is 4.55. The lowest BCUT2D eigenvalue weighted by molar-refractivity contribution is -0.158. The average Bonchev–Trinajstić information content (AvgIpc) is 3.02. The van der Waals surface area contributed by atoms with E-state index in [-0.39, 0.29) is 11.5 Å². The summed E-state index contributed by atoms with van der Waals surface area (Å²) in [4.78, 5) is 62.1. The Kier molecular flexibility index (Phi) is 7.56. The average molecular weight is 444 g/mol. The third kappa shape index (κ3) is 6.26. The number of rotatable bonds is 7. The van der Waals surface area contributed by atoms with Crippen LogP contribution in [0.2, 0.25) is 0 Å². The van der Waals surface area contributed by atoms with E-state index in [0.717, 1.165) is 4.90 Å². The fourth-order valence-corrected chi connectivity index (χ4v) is 2.93. The van der Waals surface area contributed by atoms with Crippen molar-refractivity contribution in [1.82, 2.24) is 10.6 Å².